The van der Waals surface area contributed by atoms with Gasteiger partial charge in [0.15, 0.2) is 10.9 Å². The fourth-order valence-electron chi connectivity index (χ4n) is 5.39. The Balaban J connectivity index is 1.19. The zero-order valence-electron chi connectivity index (χ0n) is 23.4. The number of likely N-dealkylation sites (N-methyl/N-ethyl adjacent to an activating group) is 1. The van der Waals surface area contributed by atoms with Crippen LogP contribution in [0, 0.1) is 0 Å². The average Bonchev–Trinajstić information content (AvgIpc) is 3.30. The molecule has 0 atom stereocenters. The largest absolute Gasteiger partial charge is 0.486 e. The van der Waals surface area contributed by atoms with E-state index in [-0.39, 0.29) is 5.91 Å². The second kappa shape index (κ2) is 12.9. The van der Waals surface area contributed by atoms with Gasteiger partial charge in [0.25, 0.3) is 5.91 Å². The van der Waals surface area contributed by atoms with Gasteiger partial charge in [0.2, 0.25) is 0 Å². The highest BCUT2D eigenvalue weighted by Gasteiger charge is 2.32. The van der Waals surface area contributed by atoms with E-state index >= 15 is 0 Å². The summed E-state index contributed by atoms with van der Waals surface area (Å²) in [4.78, 5) is 22.9. The lowest BCUT2D eigenvalue weighted by Crippen LogP contribution is -2.29. The van der Waals surface area contributed by atoms with Crippen LogP contribution in [0.25, 0.3) is 16.8 Å². The van der Waals surface area contributed by atoms with Gasteiger partial charge in [-0.05, 0) is 118 Å². The predicted octanol–water partition coefficient (Wildman–Crippen LogP) is 9.45. The molecule has 5 nitrogen and oxygen atoms in total. The van der Waals surface area contributed by atoms with E-state index in [4.69, 9.17) is 21.3 Å². The van der Waals surface area contributed by atoms with E-state index in [1.165, 1.54) is 42.1 Å². The van der Waals surface area contributed by atoms with Crippen LogP contribution < -0.4 is 9.64 Å². The molecule has 42 heavy (non-hydrogen) atoms. The Kier molecular flexibility index (Phi) is 8.89. The maximum atomic E-state index is 13.3. The number of rotatable bonds is 7. The van der Waals surface area contributed by atoms with Crippen LogP contribution in [0.1, 0.15) is 37.3 Å². The van der Waals surface area contributed by atoms with Gasteiger partial charge in [-0.1, -0.05) is 54.1 Å². The van der Waals surface area contributed by atoms with Crippen molar-refractivity contribution in [2.24, 2.45) is 4.99 Å². The van der Waals surface area contributed by atoms with Crippen molar-refractivity contribution >= 4 is 78.6 Å². The van der Waals surface area contributed by atoms with Crippen molar-refractivity contribution in [3.05, 3.63) is 104 Å². The zero-order chi connectivity index (χ0) is 29.1. The molecule has 4 aromatic rings. The lowest BCUT2D eigenvalue weighted by Gasteiger charge is -2.28. The molecule has 0 aliphatic carbocycles. The van der Waals surface area contributed by atoms with Gasteiger partial charge in [-0.3, -0.25) is 9.69 Å². The molecule has 0 bridgehead atoms. The van der Waals surface area contributed by atoms with Crippen molar-refractivity contribution in [2.75, 3.05) is 24.5 Å². The lowest BCUT2D eigenvalue weighted by molar-refractivity contribution is -0.122. The average molecular weight is 661 g/mol. The summed E-state index contributed by atoms with van der Waals surface area (Å²) in [7, 11) is 0. The number of ether oxygens (including phenoxy) is 1. The Labute approximate surface area is 264 Å². The number of anilines is 1. The first-order valence-corrected chi connectivity index (χ1v) is 16.2. The molecule has 2 aliphatic heterocycles. The van der Waals surface area contributed by atoms with E-state index in [1.807, 2.05) is 55.5 Å². The summed E-state index contributed by atoms with van der Waals surface area (Å²) < 4.78 is 6.90. The smallest absolute Gasteiger partial charge is 0.266 e. The van der Waals surface area contributed by atoms with Crippen LogP contribution >= 0.6 is 39.3 Å². The summed E-state index contributed by atoms with van der Waals surface area (Å²) in [5.41, 5.74) is 3.96. The van der Waals surface area contributed by atoms with Crippen LogP contribution in [-0.2, 0) is 11.4 Å². The number of aliphatic imine (C=N–C) groups is 1. The minimum Gasteiger partial charge on any atom is -0.486 e. The summed E-state index contributed by atoms with van der Waals surface area (Å²) in [6.45, 7) is 5.10. The van der Waals surface area contributed by atoms with Gasteiger partial charge >= 0.3 is 0 Å². The van der Waals surface area contributed by atoms with E-state index < -0.39 is 0 Å². The summed E-state index contributed by atoms with van der Waals surface area (Å²) in [5.74, 6) is 0.511. The molecule has 214 valence electrons. The molecule has 4 aromatic carbocycles. The molecular weight excluding hydrogens is 630 g/mol. The number of carbonyl (C=O) groups is 1. The number of amides is 1. The van der Waals surface area contributed by atoms with E-state index in [2.05, 4.69) is 57.2 Å². The van der Waals surface area contributed by atoms with Crippen LogP contribution in [0.4, 0.5) is 11.4 Å². The predicted molar refractivity (Wildman–Crippen MR) is 180 cm³/mol. The monoisotopic (exact) mass is 659 g/mol. The van der Waals surface area contributed by atoms with Gasteiger partial charge in [0, 0.05) is 25.3 Å². The maximum absolute atomic E-state index is 13.3. The number of piperidine rings is 1. The number of fused-ring (bicyclic) bond motifs is 1. The molecule has 8 heteroatoms. The molecule has 0 spiro atoms. The number of nitrogens with zero attached hydrogens (tertiary/aromatic N) is 3. The molecule has 2 aliphatic rings. The molecule has 0 unspecified atom stereocenters. The first kappa shape index (κ1) is 28.8. The van der Waals surface area contributed by atoms with Gasteiger partial charge in [-0.25, -0.2) is 4.99 Å². The van der Waals surface area contributed by atoms with Crippen LogP contribution in [0.2, 0.25) is 5.02 Å². The highest BCUT2D eigenvalue weighted by atomic mass is 79.9. The fourth-order valence-corrected chi connectivity index (χ4v) is 7.44. The van der Waals surface area contributed by atoms with Gasteiger partial charge < -0.3 is 9.64 Å². The second-order valence-corrected chi connectivity index (χ2v) is 12.6. The SMILES string of the molecule is CCN1C(=O)/C(=C/c2cc(Cl)c(OCc3cccc4ccccc34)c(Br)c2)SC1=Nc1ccc(N2CCCCC2)cc1. The summed E-state index contributed by atoms with van der Waals surface area (Å²) in [6, 6.07) is 26.5. The molecule has 0 radical (unpaired) electrons. The quantitative estimate of drug-likeness (QED) is 0.185. The normalized spacial score (nSPS) is 17.5. The maximum Gasteiger partial charge on any atom is 0.266 e. The molecule has 6 rings (SSSR count). The van der Waals surface area contributed by atoms with E-state index in [0.29, 0.717) is 34.0 Å². The Morgan fingerprint density at radius 2 is 1.76 bits per heavy atom. The Hall–Kier alpha value is -3.26. The van der Waals surface area contributed by atoms with E-state index in [9.17, 15) is 4.79 Å². The van der Waals surface area contributed by atoms with Crippen LogP contribution in [-0.4, -0.2) is 35.6 Å². The van der Waals surface area contributed by atoms with Crippen LogP contribution in [0.3, 0.4) is 0 Å². The van der Waals surface area contributed by atoms with Gasteiger partial charge in [-0.2, -0.15) is 0 Å². The molecule has 2 saturated heterocycles. The topological polar surface area (TPSA) is 45.1 Å². The van der Waals surface area contributed by atoms with Crippen LogP contribution in [0.5, 0.6) is 5.75 Å². The van der Waals surface area contributed by atoms with Crippen molar-refractivity contribution in [2.45, 2.75) is 32.8 Å². The minimum absolute atomic E-state index is 0.0604. The summed E-state index contributed by atoms with van der Waals surface area (Å²) in [5, 5.41) is 3.48. The number of carbonyl (C=O) groups excluding carboxylic acids is 1. The number of halogens is 2. The first-order chi connectivity index (χ1) is 20.5. The van der Waals surface area contributed by atoms with E-state index in [1.54, 1.807) is 4.90 Å². The van der Waals surface area contributed by atoms with Crippen molar-refractivity contribution in [3.8, 4) is 5.75 Å². The molecule has 0 saturated carbocycles. The van der Waals surface area contributed by atoms with Crippen molar-refractivity contribution in [3.63, 3.8) is 0 Å². The van der Waals surface area contributed by atoms with Crippen LogP contribution in [0.15, 0.2) is 93.2 Å². The molecule has 0 N–H and O–H groups in total. The number of hydrogen-bond donors (Lipinski definition) is 0. The molecule has 1 amide bonds. The number of benzene rings is 4. The molecule has 0 aromatic heterocycles. The first-order valence-electron chi connectivity index (χ1n) is 14.2. The van der Waals surface area contributed by atoms with E-state index in [0.717, 1.165) is 39.8 Å². The van der Waals surface area contributed by atoms with Crippen molar-refractivity contribution in [1.29, 1.82) is 0 Å². The minimum atomic E-state index is -0.0604. The third-order valence-electron chi connectivity index (χ3n) is 7.57. The zero-order valence-corrected chi connectivity index (χ0v) is 26.5. The summed E-state index contributed by atoms with van der Waals surface area (Å²) in [6.07, 6.45) is 5.66. The third-order valence-corrected chi connectivity index (χ3v) is 9.45. The standard InChI is InChI=1S/C34H31BrClN3O2S/c1-2-39-33(40)31(42-34(39)37-26-13-15-27(16-14-26)38-17-6-3-7-18-38)21-23-19-29(35)32(30(36)20-23)41-22-25-11-8-10-24-9-4-5-12-28(24)25/h4-5,8-16,19-21H,2-3,6-7,17-18,22H2,1H3/b31-21-,37-34?. The Morgan fingerprint density at radius 3 is 2.52 bits per heavy atom. The molecule has 2 fully saturated rings. The van der Waals surface area contributed by atoms with Crippen molar-refractivity contribution < 1.29 is 9.53 Å². The third kappa shape index (κ3) is 6.24. The van der Waals surface area contributed by atoms with Crippen molar-refractivity contribution in [1.82, 2.24) is 4.90 Å². The number of thioether (sulfide) groups is 1. The molecule has 2 heterocycles. The highest BCUT2D eigenvalue weighted by Crippen LogP contribution is 2.39. The highest BCUT2D eigenvalue weighted by molar-refractivity contribution is 9.10. The lowest BCUT2D eigenvalue weighted by atomic mass is 10.1. The van der Waals surface area contributed by atoms with Gasteiger partial charge in [0.1, 0.15) is 6.61 Å². The Morgan fingerprint density at radius 1 is 1.00 bits per heavy atom. The Bertz CT molecular complexity index is 1650. The molecular formula is C34H31BrClN3O2S. The number of amidine groups is 1. The van der Waals surface area contributed by atoms with Gasteiger partial charge in [-0.15, -0.1) is 0 Å². The number of hydrogen-bond acceptors (Lipinski definition) is 5. The fraction of sp³-hybridized carbons (Fsp3) is 0.235. The van der Waals surface area contributed by atoms with Gasteiger partial charge in [0.05, 0.1) is 20.1 Å². The second-order valence-electron chi connectivity index (χ2n) is 10.4. The summed E-state index contributed by atoms with van der Waals surface area (Å²) >= 11 is 11.7.